The zero-order valence-corrected chi connectivity index (χ0v) is 11.3. The molecule has 0 aliphatic carbocycles. The molecule has 3 nitrogen and oxygen atoms in total. The minimum Gasteiger partial charge on any atom is -0.497 e. The molecular weight excluding hydrogens is 238 g/mol. The molecule has 2 aromatic rings. The van der Waals surface area contributed by atoms with Crippen LogP contribution in [-0.2, 0) is 6.42 Å². The van der Waals surface area contributed by atoms with E-state index in [-0.39, 0.29) is 0 Å². The standard InChI is InChI=1S/C16H19NO2/c1-12-11-17-10-9-15(12)16(18)8-5-13-3-6-14(19-2)7-4-13/h3-4,6-7,9-11,16,18H,5,8H2,1-2H3. The van der Waals surface area contributed by atoms with Crippen LogP contribution in [0.3, 0.4) is 0 Å². The summed E-state index contributed by atoms with van der Waals surface area (Å²) in [6.07, 6.45) is 4.61. The summed E-state index contributed by atoms with van der Waals surface area (Å²) in [7, 11) is 1.66. The maximum absolute atomic E-state index is 10.2. The van der Waals surface area contributed by atoms with Gasteiger partial charge in [0.15, 0.2) is 0 Å². The highest BCUT2D eigenvalue weighted by Crippen LogP contribution is 2.22. The molecule has 2 rings (SSSR count). The minimum absolute atomic E-state index is 0.440. The van der Waals surface area contributed by atoms with Crippen molar-refractivity contribution in [1.29, 1.82) is 0 Å². The van der Waals surface area contributed by atoms with Crippen molar-refractivity contribution in [2.45, 2.75) is 25.9 Å². The van der Waals surface area contributed by atoms with Gasteiger partial charge in [-0.2, -0.15) is 0 Å². The molecule has 1 unspecified atom stereocenters. The molecule has 0 radical (unpaired) electrons. The number of pyridine rings is 1. The SMILES string of the molecule is COc1ccc(CCC(O)c2ccncc2C)cc1. The number of rotatable bonds is 5. The first kappa shape index (κ1) is 13.6. The van der Waals surface area contributed by atoms with Crippen LogP contribution in [0, 0.1) is 6.92 Å². The molecule has 1 atom stereocenters. The lowest BCUT2D eigenvalue weighted by atomic mass is 9.99. The summed E-state index contributed by atoms with van der Waals surface area (Å²) in [6.45, 7) is 1.97. The average molecular weight is 257 g/mol. The smallest absolute Gasteiger partial charge is 0.118 e. The predicted octanol–water partition coefficient (Wildman–Crippen LogP) is 3.06. The lowest BCUT2D eigenvalue weighted by Crippen LogP contribution is -2.02. The Morgan fingerprint density at radius 1 is 1.21 bits per heavy atom. The average Bonchev–Trinajstić information content (AvgIpc) is 2.46. The van der Waals surface area contributed by atoms with E-state index < -0.39 is 6.10 Å². The van der Waals surface area contributed by atoms with E-state index in [4.69, 9.17) is 4.74 Å². The van der Waals surface area contributed by atoms with Gasteiger partial charge in [-0.3, -0.25) is 4.98 Å². The third-order valence-electron chi connectivity index (χ3n) is 3.29. The number of ether oxygens (including phenoxy) is 1. The van der Waals surface area contributed by atoms with Crippen molar-refractivity contribution >= 4 is 0 Å². The summed E-state index contributed by atoms with van der Waals surface area (Å²) in [6, 6.07) is 9.84. The van der Waals surface area contributed by atoms with Crippen LogP contribution in [0.15, 0.2) is 42.7 Å². The van der Waals surface area contributed by atoms with Gasteiger partial charge in [-0.1, -0.05) is 12.1 Å². The number of nitrogens with zero attached hydrogens (tertiary/aromatic N) is 1. The van der Waals surface area contributed by atoms with Crippen molar-refractivity contribution in [1.82, 2.24) is 4.98 Å². The third-order valence-corrected chi connectivity index (χ3v) is 3.29. The fourth-order valence-electron chi connectivity index (χ4n) is 2.11. The Morgan fingerprint density at radius 3 is 2.58 bits per heavy atom. The Labute approximate surface area is 113 Å². The van der Waals surface area contributed by atoms with Gasteiger partial charge in [-0.05, 0) is 54.7 Å². The van der Waals surface area contributed by atoms with Crippen molar-refractivity contribution in [3.63, 3.8) is 0 Å². The van der Waals surface area contributed by atoms with Crippen LogP contribution in [0.2, 0.25) is 0 Å². The normalized spacial score (nSPS) is 12.2. The maximum Gasteiger partial charge on any atom is 0.118 e. The Morgan fingerprint density at radius 2 is 1.95 bits per heavy atom. The monoisotopic (exact) mass is 257 g/mol. The van der Waals surface area contributed by atoms with Crippen LogP contribution < -0.4 is 4.74 Å². The van der Waals surface area contributed by atoms with Crippen molar-refractivity contribution < 1.29 is 9.84 Å². The van der Waals surface area contributed by atoms with E-state index in [9.17, 15) is 5.11 Å². The first-order valence-corrected chi connectivity index (χ1v) is 6.42. The van der Waals surface area contributed by atoms with E-state index in [1.165, 1.54) is 5.56 Å². The first-order chi connectivity index (χ1) is 9.20. The fourth-order valence-corrected chi connectivity index (χ4v) is 2.11. The molecule has 0 saturated carbocycles. The van der Waals surface area contributed by atoms with E-state index >= 15 is 0 Å². The Balaban J connectivity index is 1.96. The summed E-state index contributed by atoms with van der Waals surface area (Å²) >= 11 is 0. The summed E-state index contributed by atoms with van der Waals surface area (Å²) < 4.78 is 5.12. The van der Waals surface area contributed by atoms with Gasteiger partial charge >= 0.3 is 0 Å². The molecule has 0 amide bonds. The van der Waals surface area contributed by atoms with Crippen molar-refractivity contribution in [2.24, 2.45) is 0 Å². The van der Waals surface area contributed by atoms with E-state index in [0.29, 0.717) is 6.42 Å². The quantitative estimate of drug-likeness (QED) is 0.895. The summed E-state index contributed by atoms with van der Waals surface area (Å²) in [5, 5.41) is 10.2. The zero-order valence-electron chi connectivity index (χ0n) is 11.3. The molecule has 1 aromatic heterocycles. The molecule has 0 aliphatic rings. The van der Waals surface area contributed by atoms with Crippen molar-refractivity contribution in [3.05, 3.63) is 59.4 Å². The Bertz CT molecular complexity index is 523. The molecule has 3 heteroatoms. The van der Waals surface area contributed by atoms with Gasteiger partial charge in [0, 0.05) is 12.4 Å². The number of hydrogen-bond donors (Lipinski definition) is 1. The van der Waals surface area contributed by atoms with Gasteiger partial charge in [-0.25, -0.2) is 0 Å². The summed E-state index contributed by atoms with van der Waals surface area (Å²) in [5.74, 6) is 0.856. The minimum atomic E-state index is -0.440. The van der Waals surface area contributed by atoms with Gasteiger partial charge in [0.1, 0.15) is 5.75 Å². The highest BCUT2D eigenvalue weighted by molar-refractivity contribution is 5.28. The Kier molecular flexibility index (Phi) is 4.53. The number of aliphatic hydroxyl groups excluding tert-OH is 1. The fraction of sp³-hybridized carbons (Fsp3) is 0.312. The van der Waals surface area contributed by atoms with E-state index in [0.717, 1.165) is 23.3 Å². The van der Waals surface area contributed by atoms with Crippen LogP contribution in [0.1, 0.15) is 29.2 Å². The highest BCUT2D eigenvalue weighted by atomic mass is 16.5. The Hall–Kier alpha value is -1.87. The van der Waals surface area contributed by atoms with Gasteiger partial charge in [-0.15, -0.1) is 0 Å². The van der Waals surface area contributed by atoms with E-state index in [1.807, 2.05) is 37.3 Å². The zero-order chi connectivity index (χ0) is 13.7. The number of aliphatic hydroxyl groups is 1. The van der Waals surface area contributed by atoms with Crippen LogP contribution in [0.25, 0.3) is 0 Å². The van der Waals surface area contributed by atoms with Crippen LogP contribution in [0.5, 0.6) is 5.75 Å². The number of methoxy groups -OCH3 is 1. The molecule has 0 saturated heterocycles. The van der Waals surface area contributed by atoms with E-state index in [1.54, 1.807) is 19.5 Å². The lowest BCUT2D eigenvalue weighted by molar-refractivity contribution is 0.167. The van der Waals surface area contributed by atoms with Gasteiger partial charge in [0.05, 0.1) is 13.2 Å². The van der Waals surface area contributed by atoms with Gasteiger partial charge in [0.2, 0.25) is 0 Å². The lowest BCUT2D eigenvalue weighted by Gasteiger charge is -2.13. The van der Waals surface area contributed by atoms with E-state index in [2.05, 4.69) is 4.98 Å². The second-order valence-corrected chi connectivity index (χ2v) is 4.63. The van der Waals surface area contributed by atoms with Crippen molar-refractivity contribution in [3.8, 4) is 5.75 Å². The summed E-state index contributed by atoms with van der Waals surface area (Å²) in [5.41, 5.74) is 3.19. The number of aromatic nitrogens is 1. The molecule has 0 fully saturated rings. The second-order valence-electron chi connectivity index (χ2n) is 4.63. The third kappa shape index (κ3) is 3.55. The molecule has 0 aliphatic heterocycles. The van der Waals surface area contributed by atoms with Gasteiger partial charge < -0.3 is 9.84 Å². The first-order valence-electron chi connectivity index (χ1n) is 6.42. The van der Waals surface area contributed by atoms with Crippen molar-refractivity contribution in [2.75, 3.05) is 7.11 Å². The molecule has 1 aromatic carbocycles. The number of benzene rings is 1. The van der Waals surface area contributed by atoms with Crippen LogP contribution in [0.4, 0.5) is 0 Å². The highest BCUT2D eigenvalue weighted by Gasteiger charge is 2.10. The molecule has 0 bridgehead atoms. The van der Waals surface area contributed by atoms with Crippen LogP contribution >= 0.6 is 0 Å². The molecule has 0 spiro atoms. The molecule has 100 valence electrons. The predicted molar refractivity (Wildman–Crippen MR) is 75.2 cm³/mol. The number of hydrogen-bond acceptors (Lipinski definition) is 3. The molecule has 1 N–H and O–H groups in total. The summed E-state index contributed by atoms with van der Waals surface area (Å²) in [4.78, 5) is 4.04. The molecular formula is C16H19NO2. The molecule has 19 heavy (non-hydrogen) atoms. The van der Waals surface area contributed by atoms with Gasteiger partial charge in [0.25, 0.3) is 0 Å². The number of aryl methyl sites for hydroxylation is 2. The topological polar surface area (TPSA) is 42.4 Å². The molecule has 1 heterocycles. The second kappa shape index (κ2) is 6.34. The maximum atomic E-state index is 10.2. The van der Waals surface area contributed by atoms with Crippen LogP contribution in [-0.4, -0.2) is 17.2 Å². The largest absolute Gasteiger partial charge is 0.497 e.